The van der Waals surface area contributed by atoms with Crippen LogP contribution in [0.25, 0.3) is 11.4 Å². The van der Waals surface area contributed by atoms with Gasteiger partial charge in [-0.2, -0.15) is 4.98 Å². The SMILES string of the molecule is CC(CO)SCc1nc(-c2ccccc2Cl)no1. The molecule has 0 aliphatic rings. The van der Waals surface area contributed by atoms with Crippen molar-refractivity contribution in [3.8, 4) is 11.4 Å². The van der Waals surface area contributed by atoms with Gasteiger partial charge in [-0.15, -0.1) is 11.8 Å². The van der Waals surface area contributed by atoms with Gasteiger partial charge in [0, 0.05) is 10.8 Å². The fourth-order valence-electron chi connectivity index (χ4n) is 1.33. The van der Waals surface area contributed by atoms with Crippen LogP contribution >= 0.6 is 23.4 Å². The number of aromatic nitrogens is 2. The normalized spacial score (nSPS) is 12.6. The van der Waals surface area contributed by atoms with Crippen molar-refractivity contribution in [1.29, 1.82) is 0 Å². The van der Waals surface area contributed by atoms with Crippen LogP contribution in [0.2, 0.25) is 5.02 Å². The fraction of sp³-hybridized carbons (Fsp3) is 0.333. The van der Waals surface area contributed by atoms with Crippen molar-refractivity contribution in [2.45, 2.75) is 17.9 Å². The summed E-state index contributed by atoms with van der Waals surface area (Å²) in [5, 5.41) is 13.6. The monoisotopic (exact) mass is 284 g/mol. The van der Waals surface area contributed by atoms with Gasteiger partial charge in [-0.05, 0) is 12.1 Å². The summed E-state index contributed by atoms with van der Waals surface area (Å²) in [6, 6.07) is 7.36. The number of rotatable bonds is 5. The molecule has 0 aliphatic carbocycles. The van der Waals surface area contributed by atoms with Crippen LogP contribution in [0.1, 0.15) is 12.8 Å². The molecule has 1 N–H and O–H groups in total. The molecule has 1 aromatic carbocycles. The molecular formula is C12H13ClN2O2S. The third-order valence-corrected chi connectivity index (χ3v) is 3.79. The van der Waals surface area contributed by atoms with E-state index in [4.69, 9.17) is 21.2 Å². The van der Waals surface area contributed by atoms with Crippen molar-refractivity contribution < 1.29 is 9.63 Å². The summed E-state index contributed by atoms with van der Waals surface area (Å²) in [6.07, 6.45) is 0. The molecule has 1 heterocycles. The largest absolute Gasteiger partial charge is 0.395 e. The van der Waals surface area contributed by atoms with Gasteiger partial charge >= 0.3 is 0 Å². The Morgan fingerprint density at radius 2 is 2.22 bits per heavy atom. The van der Waals surface area contributed by atoms with Gasteiger partial charge in [-0.3, -0.25) is 0 Å². The van der Waals surface area contributed by atoms with E-state index in [1.54, 1.807) is 17.8 Å². The molecule has 2 aromatic rings. The van der Waals surface area contributed by atoms with E-state index >= 15 is 0 Å². The Hall–Kier alpha value is -1.04. The van der Waals surface area contributed by atoms with Crippen LogP contribution in [0.15, 0.2) is 28.8 Å². The highest BCUT2D eigenvalue weighted by atomic mass is 35.5. The third-order valence-electron chi connectivity index (χ3n) is 2.33. The minimum atomic E-state index is 0.135. The number of hydrogen-bond acceptors (Lipinski definition) is 5. The second kappa shape index (κ2) is 6.22. The molecule has 0 aliphatic heterocycles. The Labute approximate surface area is 114 Å². The zero-order valence-corrected chi connectivity index (χ0v) is 11.4. The number of halogens is 1. The summed E-state index contributed by atoms with van der Waals surface area (Å²) in [6.45, 7) is 2.08. The number of aliphatic hydroxyl groups excluding tert-OH is 1. The number of nitrogens with zero attached hydrogens (tertiary/aromatic N) is 2. The maximum Gasteiger partial charge on any atom is 0.236 e. The van der Waals surface area contributed by atoms with Gasteiger partial charge in [0.25, 0.3) is 0 Å². The lowest BCUT2D eigenvalue weighted by Gasteiger charge is -2.03. The molecule has 0 fully saturated rings. The number of hydrogen-bond donors (Lipinski definition) is 1. The smallest absolute Gasteiger partial charge is 0.236 e. The lowest BCUT2D eigenvalue weighted by atomic mass is 10.2. The van der Waals surface area contributed by atoms with Crippen LogP contribution in [-0.4, -0.2) is 27.1 Å². The highest BCUT2D eigenvalue weighted by molar-refractivity contribution is 7.99. The maximum absolute atomic E-state index is 8.93. The van der Waals surface area contributed by atoms with Crippen molar-refractivity contribution in [3.05, 3.63) is 35.2 Å². The summed E-state index contributed by atoms with van der Waals surface area (Å²) in [5.74, 6) is 1.61. The minimum absolute atomic E-state index is 0.135. The topological polar surface area (TPSA) is 59.2 Å². The van der Waals surface area contributed by atoms with Crippen LogP contribution in [0.3, 0.4) is 0 Å². The Balaban J connectivity index is 2.09. The highest BCUT2D eigenvalue weighted by Gasteiger charge is 2.12. The predicted molar refractivity (Wildman–Crippen MR) is 72.6 cm³/mol. The van der Waals surface area contributed by atoms with Crippen LogP contribution < -0.4 is 0 Å². The molecular weight excluding hydrogens is 272 g/mol. The Kier molecular flexibility index (Phi) is 4.63. The van der Waals surface area contributed by atoms with Gasteiger partial charge in [0.05, 0.1) is 17.4 Å². The average molecular weight is 285 g/mol. The summed E-state index contributed by atoms with van der Waals surface area (Å²) >= 11 is 7.62. The molecule has 0 radical (unpaired) electrons. The molecule has 0 spiro atoms. The van der Waals surface area contributed by atoms with Crippen molar-refractivity contribution in [3.63, 3.8) is 0 Å². The molecule has 1 aromatic heterocycles. The quantitative estimate of drug-likeness (QED) is 0.914. The first kappa shape index (κ1) is 13.4. The first-order valence-electron chi connectivity index (χ1n) is 5.50. The molecule has 4 nitrogen and oxygen atoms in total. The number of benzene rings is 1. The molecule has 0 bridgehead atoms. The van der Waals surface area contributed by atoms with Crippen LogP contribution in [0, 0.1) is 0 Å². The summed E-state index contributed by atoms with van der Waals surface area (Å²) in [4.78, 5) is 4.28. The zero-order chi connectivity index (χ0) is 13.0. The minimum Gasteiger partial charge on any atom is -0.395 e. The van der Waals surface area contributed by atoms with Crippen molar-refractivity contribution in [2.24, 2.45) is 0 Å². The van der Waals surface area contributed by atoms with E-state index in [1.165, 1.54) is 0 Å². The van der Waals surface area contributed by atoms with E-state index in [0.29, 0.717) is 22.5 Å². The first-order valence-corrected chi connectivity index (χ1v) is 6.93. The molecule has 96 valence electrons. The maximum atomic E-state index is 8.93. The van der Waals surface area contributed by atoms with E-state index < -0.39 is 0 Å². The van der Waals surface area contributed by atoms with E-state index in [9.17, 15) is 0 Å². The van der Waals surface area contributed by atoms with E-state index in [2.05, 4.69) is 10.1 Å². The van der Waals surface area contributed by atoms with Crippen molar-refractivity contribution in [1.82, 2.24) is 10.1 Å². The van der Waals surface area contributed by atoms with Crippen molar-refractivity contribution >= 4 is 23.4 Å². The van der Waals surface area contributed by atoms with Gasteiger partial charge in [0.2, 0.25) is 11.7 Å². The average Bonchev–Trinajstić information content (AvgIpc) is 2.85. The predicted octanol–water partition coefficient (Wildman–Crippen LogP) is 3.00. The standard InChI is InChI=1S/C12H13ClN2O2S/c1-8(6-16)18-7-11-14-12(15-17-11)9-4-2-3-5-10(9)13/h2-5,8,16H,6-7H2,1H3. The lowest BCUT2D eigenvalue weighted by Crippen LogP contribution is -2.02. The molecule has 0 saturated heterocycles. The van der Waals surface area contributed by atoms with E-state index in [1.807, 2.05) is 25.1 Å². The Morgan fingerprint density at radius 1 is 1.44 bits per heavy atom. The van der Waals surface area contributed by atoms with Gasteiger partial charge in [-0.25, -0.2) is 0 Å². The molecule has 1 unspecified atom stereocenters. The van der Waals surface area contributed by atoms with Gasteiger partial charge < -0.3 is 9.63 Å². The van der Waals surface area contributed by atoms with Gasteiger partial charge in [0.1, 0.15) is 0 Å². The van der Waals surface area contributed by atoms with Crippen molar-refractivity contribution in [2.75, 3.05) is 6.61 Å². The van der Waals surface area contributed by atoms with Gasteiger partial charge in [-0.1, -0.05) is 35.8 Å². The zero-order valence-electron chi connectivity index (χ0n) is 9.84. The van der Waals surface area contributed by atoms with E-state index in [-0.39, 0.29) is 11.9 Å². The second-order valence-corrected chi connectivity index (χ2v) is 5.63. The molecule has 1 atom stereocenters. The molecule has 6 heteroatoms. The van der Waals surface area contributed by atoms with Crippen LogP contribution in [0.5, 0.6) is 0 Å². The summed E-state index contributed by atoms with van der Waals surface area (Å²) in [7, 11) is 0. The number of aliphatic hydroxyl groups is 1. The third kappa shape index (κ3) is 3.25. The lowest BCUT2D eigenvalue weighted by molar-refractivity contribution is 0.300. The highest BCUT2D eigenvalue weighted by Crippen LogP contribution is 2.26. The fourth-order valence-corrected chi connectivity index (χ4v) is 2.20. The molecule has 18 heavy (non-hydrogen) atoms. The first-order chi connectivity index (χ1) is 8.70. The summed E-state index contributed by atoms with van der Waals surface area (Å²) in [5.41, 5.74) is 0.759. The molecule has 0 amide bonds. The number of thioether (sulfide) groups is 1. The molecule has 2 rings (SSSR count). The van der Waals surface area contributed by atoms with E-state index in [0.717, 1.165) is 5.56 Å². The molecule has 0 saturated carbocycles. The Bertz CT molecular complexity index is 518. The summed E-state index contributed by atoms with van der Waals surface area (Å²) < 4.78 is 5.15. The second-order valence-electron chi connectivity index (χ2n) is 3.80. The van der Waals surface area contributed by atoms with Crippen LogP contribution in [0.4, 0.5) is 0 Å². The van der Waals surface area contributed by atoms with Crippen LogP contribution in [-0.2, 0) is 5.75 Å². The van der Waals surface area contributed by atoms with Gasteiger partial charge in [0.15, 0.2) is 0 Å². The Morgan fingerprint density at radius 3 is 2.94 bits per heavy atom.